The molecule has 0 spiro atoms. The van der Waals surface area contributed by atoms with E-state index in [4.69, 9.17) is 0 Å². The van der Waals surface area contributed by atoms with Gasteiger partial charge in [-0.2, -0.15) is 5.10 Å². The molecule has 0 radical (unpaired) electrons. The predicted molar refractivity (Wildman–Crippen MR) is 100 cm³/mol. The summed E-state index contributed by atoms with van der Waals surface area (Å²) in [5, 5.41) is 17.6. The van der Waals surface area contributed by atoms with E-state index in [1.807, 2.05) is 41.2 Å². The third-order valence-corrected chi connectivity index (χ3v) is 5.55. The summed E-state index contributed by atoms with van der Waals surface area (Å²) in [6, 6.07) is 9.51. The van der Waals surface area contributed by atoms with Crippen LogP contribution in [0.5, 0.6) is 0 Å². The summed E-state index contributed by atoms with van der Waals surface area (Å²) in [4.78, 5) is 14.9. The van der Waals surface area contributed by atoms with Crippen molar-refractivity contribution in [1.82, 2.24) is 15.1 Å². The van der Waals surface area contributed by atoms with Gasteiger partial charge in [-0.25, -0.2) is 0 Å². The number of rotatable bonds is 5. The lowest BCUT2D eigenvalue weighted by atomic mass is 10.1. The molecule has 2 aliphatic rings. The van der Waals surface area contributed by atoms with Gasteiger partial charge in [0.25, 0.3) is 5.91 Å². The van der Waals surface area contributed by atoms with Crippen LogP contribution in [0.2, 0.25) is 0 Å². The highest BCUT2D eigenvalue weighted by molar-refractivity contribution is 5.94. The number of nitrogens with zero attached hydrogens (tertiary/aromatic N) is 3. The van der Waals surface area contributed by atoms with Gasteiger partial charge in [0.15, 0.2) is 0 Å². The van der Waals surface area contributed by atoms with Crippen molar-refractivity contribution in [3.05, 3.63) is 48.3 Å². The molecule has 138 valence electrons. The van der Waals surface area contributed by atoms with E-state index in [9.17, 15) is 9.90 Å². The predicted octanol–water partition coefficient (Wildman–Crippen LogP) is 2.05. The minimum absolute atomic E-state index is 0.109. The van der Waals surface area contributed by atoms with Gasteiger partial charge in [-0.3, -0.25) is 9.48 Å². The molecule has 1 unspecified atom stereocenters. The molecule has 6 nitrogen and oxygen atoms in total. The molecule has 1 aliphatic heterocycles. The quantitative estimate of drug-likeness (QED) is 0.862. The fourth-order valence-electron chi connectivity index (χ4n) is 4.15. The summed E-state index contributed by atoms with van der Waals surface area (Å²) in [5.41, 5.74) is 1.83. The topological polar surface area (TPSA) is 70.4 Å². The average Bonchev–Trinajstić information content (AvgIpc) is 3.39. The van der Waals surface area contributed by atoms with Crippen molar-refractivity contribution in [3.8, 4) is 0 Å². The van der Waals surface area contributed by atoms with Gasteiger partial charge in [0.2, 0.25) is 0 Å². The second-order valence-electron chi connectivity index (χ2n) is 7.45. The normalized spacial score (nSPS) is 25.6. The Morgan fingerprint density at radius 3 is 2.65 bits per heavy atom. The molecule has 1 amide bonds. The second kappa shape index (κ2) is 7.50. The van der Waals surface area contributed by atoms with E-state index in [0.717, 1.165) is 26.1 Å². The summed E-state index contributed by atoms with van der Waals surface area (Å²) < 4.78 is 1.89. The Kier molecular flexibility index (Phi) is 4.93. The lowest BCUT2D eigenvalue weighted by Crippen LogP contribution is -2.39. The molecule has 2 heterocycles. The smallest absolute Gasteiger partial charge is 0.251 e. The summed E-state index contributed by atoms with van der Waals surface area (Å²) in [6.07, 6.45) is 7.14. The zero-order valence-corrected chi connectivity index (χ0v) is 14.9. The highest BCUT2D eigenvalue weighted by atomic mass is 16.3. The fraction of sp³-hybridized carbons (Fsp3) is 0.500. The molecule has 2 fully saturated rings. The molecule has 2 aromatic rings. The SMILES string of the molecule is O=C(N[C@@H]1CC(Cn2cccn2)C[C@H]1O)c1ccc(N2CCCC2)cc1. The van der Waals surface area contributed by atoms with Crippen molar-refractivity contribution < 1.29 is 9.90 Å². The van der Waals surface area contributed by atoms with E-state index >= 15 is 0 Å². The molecule has 1 aliphatic carbocycles. The standard InChI is InChI=1S/C20H26N4O2/c25-19-13-15(14-24-11-3-8-21-24)12-18(19)22-20(26)16-4-6-17(7-5-16)23-9-1-2-10-23/h3-8,11,15,18-19,25H,1-2,9-10,12-14H2,(H,22,26)/t15?,18-,19-/m1/s1. The third-order valence-electron chi connectivity index (χ3n) is 5.55. The van der Waals surface area contributed by atoms with Crippen molar-refractivity contribution in [2.24, 2.45) is 5.92 Å². The lowest BCUT2D eigenvalue weighted by molar-refractivity contribution is 0.0873. The van der Waals surface area contributed by atoms with Crippen LogP contribution in [0.3, 0.4) is 0 Å². The van der Waals surface area contributed by atoms with Crippen molar-refractivity contribution >= 4 is 11.6 Å². The van der Waals surface area contributed by atoms with Crippen LogP contribution in [0.1, 0.15) is 36.0 Å². The Morgan fingerprint density at radius 2 is 1.96 bits per heavy atom. The molecular formula is C20H26N4O2. The highest BCUT2D eigenvalue weighted by Gasteiger charge is 2.34. The minimum atomic E-state index is -0.497. The fourth-order valence-corrected chi connectivity index (χ4v) is 4.15. The van der Waals surface area contributed by atoms with Gasteiger partial charge in [0, 0.05) is 43.3 Å². The van der Waals surface area contributed by atoms with Gasteiger partial charge >= 0.3 is 0 Å². The van der Waals surface area contributed by atoms with E-state index < -0.39 is 6.10 Å². The first-order valence-corrected chi connectivity index (χ1v) is 9.50. The molecule has 4 rings (SSSR count). The van der Waals surface area contributed by atoms with E-state index in [2.05, 4.69) is 15.3 Å². The van der Waals surface area contributed by atoms with Crippen LogP contribution in [0, 0.1) is 5.92 Å². The zero-order chi connectivity index (χ0) is 17.9. The van der Waals surface area contributed by atoms with Crippen LogP contribution in [0.4, 0.5) is 5.69 Å². The summed E-state index contributed by atoms with van der Waals surface area (Å²) >= 11 is 0. The number of carbonyl (C=O) groups excluding carboxylic acids is 1. The molecule has 1 saturated carbocycles. The second-order valence-corrected chi connectivity index (χ2v) is 7.45. The van der Waals surface area contributed by atoms with Gasteiger partial charge in [0.1, 0.15) is 0 Å². The Labute approximate surface area is 153 Å². The first kappa shape index (κ1) is 17.1. The first-order valence-electron chi connectivity index (χ1n) is 9.50. The third kappa shape index (κ3) is 3.75. The van der Waals surface area contributed by atoms with Gasteiger partial charge in [-0.1, -0.05) is 0 Å². The van der Waals surface area contributed by atoms with Crippen LogP contribution >= 0.6 is 0 Å². The number of benzene rings is 1. The largest absolute Gasteiger partial charge is 0.391 e. The van der Waals surface area contributed by atoms with Gasteiger partial charge in [-0.15, -0.1) is 0 Å². The molecule has 0 bridgehead atoms. The van der Waals surface area contributed by atoms with Crippen LogP contribution < -0.4 is 10.2 Å². The van der Waals surface area contributed by atoms with E-state index in [-0.39, 0.29) is 11.9 Å². The Bertz CT molecular complexity index is 723. The number of aromatic nitrogens is 2. The number of carbonyl (C=O) groups is 1. The van der Waals surface area contributed by atoms with Crippen molar-refractivity contribution in [3.63, 3.8) is 0 Å². The van der Waals surface area contributed by atoms with Gasteiger partial charge < -0.3 is 15.3 Å². The van der Waals surface area contributed by atoms with Crippen LogP contribution in [-0.4, -0.2) is 46.0 Å². The van der Waals surface area contributed by atoms with E-state index in [0.29, 0.717) is 17.9 Å². The maximum absolute atomic E-state index is 12.5. The van der Waals surface area contributed by atoms with Crippen molar-refractivity contribution in [1.29, 1.82) is 0 Å². The molecule has 26 heavy (non-hydrogen) atoms. The Balaban J connectivity index is 1.33. The summed E-state index contributed by atoms with van der Waals surface area (Å²) in [7, 11) is 0. The van der Waals surface area contributed by atoms with Gasteiger partial charge in [-0.05, 0) is 61.9 Å². The average molecular weight is 354 g/mol. The number of anilines is 1. The maximum atomic E-state index is 12.5. The van der Waals surface area contributed by atoms with E-state index in [1.54, 1.807) is 6.20 Å². The monoisotopic (exact) mass is 354 g/mol. The number of aliphatic hydroxyl groups excluding tert-OH is 1. The number of aliphatic hydroxyl groups is 1. The zero-order valence-electron chi connectivity index (χ0n) is 14.9. The highest BCUT2D eigenvalue weighted by Crippen LogP contribution is 2.28. The van der Waals surface area contributed by atoms with E-state index in [1.165, 1.54) is 18.5 Å². The molecule has 1 aromatic heterocycles. The number of hydrogen-bond donors (Lipinski definition) is 2. The van der Waals surface area contributed by atoms with Crippen LogP contribution in [0.15, 0.2) is 42.7 Å². The Morgan fingerprint density at radius 1 is 1.19 bits per heavy atom. The lowest BCUT2D eigenvalue weighted by Gasteiger charge is -2.19. The van der Waals surface area contributed by atoms with Crippen LogP contribution in [-0.2, 0) is 6.54 Å². The molecule has 3 atom stereocenters. The van der Waals surface area contributed by atoms with Gasteiger partial charge in [0.05, 0.1) is 12.1 Å². The van der Waals surface area contributed by atoms with Crippen molar-refractivity contribution in [2.75, 3.05) is 18.0 Å². The minimum Gasteiger partial charge on any atom is -0.391 e. The molecule has 2 N–H and O–H groups in total. The van der Waals surface area contributed by atoms with Crippen LogP contribution in [0.25, 0.3) is 0 Å². The number of nitrogens with one attached hydrogen (secondary N) is 1. The van der Waals surface area contributed by atoms with Crippen molar-refractivity contribution in [2.45, 2.75) is 44.4 Å². The summed E-state index contributed by atoms with van der Waals surface area (Å²) in [5.74, 6) is 0.217. The number of amides is 1. The maximum Gasteiger partial charge on any atom is 0.251 e. The summed E-state index contributed by atoms with van der Waals surface area (Å²) in [6.45, 7) is 2.97. The Hall–Kier alpha value is -2.34. The first-order chi connectivity index (χ1) is 12.7. The number of hydrogen-bond acceptors (Lipinski definition) is 4. The molecule has 1 saturated heterocycles. The molecule has 1 aromatic carbocycles. The molecule has 6 heteroatoms. The molecular weight excluding hydrogens is 328 g/mol.